The molecule has 196 valence electrons. The van der Waals surface area contributed by atoms with E-state index < -0.39 is 0 Å². The molecule has 0 spiro atoms. The molecule has 0 aromatic carbocycles. The fraction of sp³-hybridized carbons (Fsp3) is 0.966. The van der Waals surface area contributed by atoms with Crippen LogP contribution in [0.5, 0.6) is 0 Å². The van der Waals surface area contributed by atoms with Crippen molar-refractivity contribution in [2.24, 2.45) is 52.3 Å². The minimum atomic E-state index is -0.224. The van der Waals surface area contributed by atoms with Crippen LogP contribution >= 0.6 is 0 Å². The van der Waals surface area contributed by atoms with Crippen molar-refractivity contribution in [3.63, 3.8) is 0 Å². The Balaban J connectivity index is 1.48. The van der Waals surface area contributed by atoms with Gasteiger partial charge in [-0.3, -0.25) is 0 Å². The number of fused-ring (bicyclic) bond motifs is 5. The molecule has 4 aliphatic rings. The van der Waals surface area contributed by atoms with Crippen molar-refractivity contribution in [3.05, 3.63) is 0 Å². The van der Waals surface area contributed by atoms with Crippen molar-refractivity contribution in [1.29, 1.82) is 0 Å². The molecule has 4 saturated carbocycles. The third-order valence-electron chi connectivity index (χ3n) is 11.5. The molecule has 0 radical (unpaired) electrons. The van der Waals surface area contributed by atoms with Crippen LogP contribution in [0.4, 0.5) is 4.79 Å². The highest BCUT2D eigenvalue weighted by molar-refractivity contribution is 5.73. The van der Waals surface area contributed by atoms with E-state index in [0.717, 1.165) is 38.6 Å². The highest BCUT2D eigenvalue weighted by Crippen LogP contribution is 2.69. The Labute approximate surface area is 208 Å². The summed E-state index contributed by atoms with van der Waals surface area (Å²) in [6.45, 7) is 14.4. The van der Waals surface area contributed by atoms with Gasteiger partial charge in [0.1, 0.15) is 0 Å². The highest BCUT2D eigenvalue weighted by atomic mass is 16.3. The largest absolute Gasteiger partial charge is 0.393 e. The monoisotopic (exact) mass is 476 g/mol. The second-order valence-electron chi connectivity index (χ2n) is 13.4. The fourth-order valence-corrected chi connectivity index (χ4v) is 9.86. The molecule has 5 heteroatoms. The summed E-state index contributed by atoms with van der Waals surface area (Å²) in [6.07, 6.45) is 9.56. The Hall–Kier alpha value is -0.810. The van der Waals surface area contributed by atoms with E-state index in [9.17, 15) is 15.0 Å². The van der Waals surface area contributed by atoms with Gasteiger partial charge in [-0.05, 0) is 117 Å². The van der Waals surface area contributed by atoms with Gasteiger partial charge in [0.05, 0.1) is 12.2 Å². The number of nitrogens with one attached hydrogen (secondary N) is 2. The number of aliphatic hydroxyl groups excluding tert-OH is 2. The van der Waals surface area contributed by atoms with E-state index in [2.05, 4.69) is 38.3 Å². The Kier molecular flexibility index (Phi) is 7.66. The molecule has 0 aliphatic heterocycles. The van der Waals surface area contributed by atoms with Gasteiger partial charge in [0.15, 0.2) is 0 Å². The first-order chi connectivity index (χ1) is 16.0. The summed E-state index contributed by atoms with van der Waals surface area (Å²) in [6, 6.07) is 0.0967. The third kappa shape index (κ3) is 4.42. The number of carbonyl (C=O) groups excluding carboxylic acids is 1. The minimum Gasteiger partial charge on any atom is -0.393 e. The van der Waals surface area contributed by atoms with E-state index in [0.29, 0.717) is 41.4 Å². The Bertz CT molecular complexity index is 728. The van der Waals surface area contributed by atoms with Crippen LogP contribution in [0.25, 0.3) is 0 Å². The normalized spacial score (nSPS) is 46.9. The van der Waals surface area contributed by atoms with E-state index >= 15 is 0 Å². The first-order valence-electron chi connectivity index (χ1n) is 14.4. The van der Waals surface area contributed by atoms with Crippen LogP contribution < -0.4 is 10.6 Å². The molecule has 0 aromatic heterocycles. The first kappa shape index (κ1) is 26.3. The maximum atomic E-state index is 12.0. The molecule has 4 aliphatic carbocycles. The number of carbonyl (C=O) groups is 1. The van der Waals surface area contributed by atoms with E-state index in [1.165, 1.54) is 25.7 Å². The SMILES string of the molecule is CC[C@@H]1C2C[C@H](O)CCC2(C)[C@H]2CCC3(C)C([C@H](C)CCNC(=O)NC(C)C)CC[C@H]3C2[C@@H]1O. The molecular weight excluding hydrogens is 424 g/mol. The molecule has 4 N–H and O–H groups in total. The van der Waals surface area contributed by atoms with Crippen LogP contribution in [-0.4, -0.2) is 41.0 Å². The molecule has 0 bridgehead atoms. The highest BCUT2D eigenvalue weighted by Gasteiger charge is 2.64. The Morgan fingerprint density at radius 2 is 1.65 bits per heavy atom. The average molecular weight is 477 g/mol. The molecule has 0 aromatic rings. The topological polar surface area (TPSA) is 81.6 Å². The maximum absolute atomic E-state index is 12.0. The van der Waals surface area contributed by atoms with Crippen LogP contribution in [-0.2, 0) is 0 Å². The van der Waals surface area contributed by atoms with Crippen molar-refractivity contribution in [2.75, 3.05) is 6.54 Å². The van der Waals surface area contributed by atoms with E-state index in [1.54, 1.807) is 0 Å². The number of rotatable bonds is 6. The zero-order valence-electron chi connectivity index (χ0n) is 22.6. The van der Waals surface area contributed by atoms with E-state index in [4.69, 9.17) is 0 Å². The van der Waals surface area contributed by atoms with Crippen LogP contribution in [0.2, 0.25) is 0 Å². The van der Waals surface area contributed by atoms with Crippen molar-refractivity contribution in [3.8, 4) is 0 Å². The van der Waals surface area contributed by atoms with Gasteiger partial charge in [0.2, 0.25) is 0 Å². The second kappa shape index (κ2) is 9.92. The Morgan fingerprint density at radius 3 is 2.32 bits per heavy atom. The van der Waals surface area contributed by atoms with Crippen molar-refractivity contribution in [2.45, 2.75) is 118 Å². The summed E-state index contributed by atoms with van der Waals surface area (Å²) < 4.78 is 0. The molecule has 34 heavy (non-hydrogen) atoms. The number of aliphatic hydroxyl groups is 2. The van der Waals surface area contributed by atoms with Gasteiger partial charge in [-0.25, -0.2) is 4.79 Å². The standard InChI is InChI=1S/C29H52N2O3/c1-7-20-24-16-19(32)10-13-29(24,6)23-11-14-28(5)21(8-9-22(28)25(23)26(20)33)18(4)12-15-30-27(34)31-17(2)3/h17-26,32-33H,7-16H2,1-6H3,(H2,30,31,34)/t18-,19-,20-,21?,22+,23+,24?,25?,26-,28?,29?/m1/s1. The molecule has 0 heterocycles. The average Bonchev–Trinajstić information content (AvgIpc) is 3.12. The third-order valence-corrected chi connectivity index (χ3v) is 11.5. The fourth-order valence-electron chi connectivity index (χ4n) is 9.86. The molecular formula is C29H52N2O3. The van der Waals surface area contributed by atoms with Crippen LogP contribution in [0.3, 0.4) is 0 Å². The minimum absolute atomic E-state index is 0.0606. The van der Waals surface area contributed by atoms with Gasteiger partial charge in [-0.1, -0.05) is 34.1 Å². The lowest BCUT2D eigenvalue weighted by Gasteiger charge is -2.64. The molecule has 4 fully saturated rings. The number of hydrogen-bond acceptors (Lipinski definition) is 3. The lowest BCUT2D eigenvalue weighted by Crippen LogP contribution is -2.62. The van der Waals surface area contributed by atoms with E-state index in [1.807, 2.05) is 13.8 Å². The summed E-state index contributed by atoms with van der Waals surface area (Å²) in [5, 5.41) is 28.3. The van der Waals surface area contributed by atoms with Gasteiger partial charge < -0.3 is 20.8 Å². The lowest BCUT2D eigenvalue weighted by molar-refractivity contribution is -0.203. The first-order valence-corrected chi connectivity index (χ1v) is 14.4. The van der Waals surface area contributed by atoms with Gasteiger partial charge in [-0.2, -0.15) is 0 Å². The maximum Gasteiger partial charge on any atom is 0.314 e. The molecule has 0 saturated heterocycles. The van der Waals surface area contributed by atoms with Gasteiger partial charge in [0.25, 0.3) is 0 Å². The zero-order chi connectivity index (χ0) is 24.8. The predicted molar refractivity (Wildman–Crippen MR) is 137 cm³/mol. The molecule has 11 atom stereocenters. The number of hydrogen-bond donors (Lipinski definition) is 4. The molecule has 5 nitrogen and oxygen atoms in total. The van der Waals surface area contributed by atoms with Gasteiger partial charge in [0, 0.05) is 12.6 Å². The van der Waals surface area contributed by atoms with Crippen LogP contribution in [0.15, 0.2) is 0 Å². The predicted octanol–water partition coefficient (Wildman–Crippen LogP) is 5.35. The van der Waals surface area contributed by atoms with Crippen molar-refractivity contribution >= 4 is 6.03 Å². The molecule has 4 rings (SSSR count). The Morgan fingerprint density at radius 1 is 0.971 bits per heavy atom. The molecule has 2 amide bonds. The quantitative estimate of drug-likeness (QED) is 0.417. The lowest BCUT2D eigenvalue weighted by atomic mass is 9.41. The van der Waals surface area contributed by atoms with Crippen LogP contribution in [0.1, 0.15) is 99.3 Å². The zero-order valence-corrected chi connectivity index (χ0v) is 22.6. The number of amides is 2. The van der Waals surface area contributed by atoms with Gasteiger partial charge >= 0.3 is 6.03 Å². The number of urea groups is 1. The van der Waals surface area contributed by atoms with Crippen molar-refractivity contribution < 1.29 is 15.0 Å². The summed E-state index contributed by atoms with van der Waals surface area (Å²) in [5.74, 6) is 3.62. The second-order valence-corrected chi connectivity index (χ2v) is 13.4. The summed E-state index contributed by atoms with van der Waals surface area (Å²) in [4.78, 5) is 12.0. The summed E-state index contributed by atoms with van der Waals surface area (Å²) in [5.41, 5.74) is 0.556. The summed E-state index contributed by atoms with van der Waals surface area (Å²) in [7, 11) is 0. The molecule has 5 unspecified atom stereocenters. The van der Waals surface area contributed by atoms with Crippen LogP contribution in [0, 0.1) is 52.3 Å². The summed E-state index contributed by atoms with van der Waals surface area (Å²) >= 11 is 0. The van der Waals surface area contributed by atoms with E-state index in [-0.39, 0.29) is 35.1 Å². The van der Waals surface area contributed by atoms with Crippen molar-refractivity contribution in [1.82, 2.24) is 10.6 Å². The van der Waals surface area contributed by atoms with Gasteiger partial charge in [-0.15, -0.1) is 0 Å². The smallest absolute Gasteiger partial charge is 0.314 e.